The summed E-state index contributed by atoms with van der Waals surface area (Å²) < 4.78 is 1.20. The van der Waals surface area contributed by atoms with Gasteiger partial charge in [0.1, 0.15) is 16.2 Å². The highest BCUT2D eigenvalue weighted by atomic mass is 32.2. The summed E-state index contributed by atoms with van der Waals surface area (Å²) in [6.45, 7) is 8.34. The second-order valence-corrected chi connectivity index (χ2v) is 9.17. The fourth-order valence-corrected chi connectivity index (χ4v) is 5.86. The van der Waals surface area contributed by atoms with Crippen LogP contribution in [0.1, 0.15) is 56.4 Å². The molecule has 1 aliphatic carbocycles. The summed E-state index contributed by atoms with van der Waals surface area (Å²) >= 11 is 3.53. The number of hydrogen-bond acceptors (Lipinski definition) is 5. The lowest BCUT2D eigenvalue weighted by atomic mass is 9.87. The van der Waals surface area contributed by atoms with E-state index in [0.717, 1.165) is 34.0 Å². The molecule has 0 aliphatic heterocycles. The Hall–Kier alpha value is -1.46. The van der Waals surface area contributed by atoms with E-state index >= 15 is 0 Å². The minimum absolute atomic E-state index is 0.896. The SMILES string of the molecule is C=C(C)CSc1ncnc2c1sc1nc(CCCC)c3c(c12)CCCC3. The number of rotatable bonds is 6. The van der Waals surface area contributed by atoms with Crippen LogP contribution in [0.25, 0.3) is 20.4 Å². The number of fused-ring (bicyclic) bond motifs is 5. The third kappa shape index (κ3) is 3.27. The number of aryl methyl sites for hydroxylation is 2. The van der Waals surface area contributed by atoms with Crippen molar-refractivity contribution in [1.29, 1.82) is 0 Å². The van der Waals surface area contributed by atoms with Gasteiger partial charge in [0.05, 0.1) is 10.2 Å². The van der Waals surface area contributed by atoms with E-state index in [1.165, 1.54) is 64.6 Å². The van der Waals surface area contributed by atoms with Gasteiger partial charge in [-0.15, -0.1) is 23.1 Å². The average molecular weight is 384 g/mol. The van der Waals surface area contributed by atoms with Gasteiger partial charge < -0.3 is 0 Å². The standard InChI is InChI=1S/C21H25N3S2/c1-4-5-10-16-14-8-6-7-9-15(14)17-18-19(26-20(17)24-16)21(23-12-22-18)25-11-13(2)3/h12H,2,4-11H2,1,3H3. The third-order valence-electron chi connectivity index (χ3n) is 5.00. The number of hydrogen-bond donors (Lipinski definition) is 0. The summed E-state index contributed by atoms with van der Waals surface area (Å²) in [5.41, 5.74) is 6.65. The minimum Gasteiger partial charge on any atom is -0.242 e. The molecule has 136 valence electrons. The Morgan fingerprint density at radius 1 is 1.23 bits per heavy atom. The molecule has 26 heavy (non-hydrogen) atoms. The van der Waals surface area contributed by atoms with Crippen molar-refractivity contribution >= 4 is 43.5 Å². The zero-order valence-electron chi connectivity index (χ0n) is 15.6. The summed E-state index contributed by atoms with van der Waals surface area (Å²) in [7, 11) is 0. The highest BCUT2D eigenvalue weighted by molar-refractivity contribution is 7.99. The number of unbranched alkanes of at least 4 members (excludes halogenated alkanes) is 1. The molecular weight excluding hydrogens is 358 g/mol. The average Bonchev–Trinajstić information content (AvgIpc) is 3.03. The first-order valence-electron chi connectivity index (χ1n) is 9.54. The predicted octanol–water partition coefficient (Wildman–Crippen LogP) is 6.13. The summed E-state index contributed by atoms with van der Waals surface area (Å²) in [5, 5.41) is 2.38. The highest BCUT2D eigenvalue weighted by Crippen LogP contribution is 2.41. The molecule has 1 aliphatic rings. The van der Waals surface area contributed by atoms with Gasteiger partial charge in [-0.3, -0.25) is 0 Å². The summed E-state index contributed by atoms with van der Waals surface area (Å²) in [5.74, 6) is 0.896. The normalized spacial score (nSPS) is 14.1. The van der Waals surface area contributed by atoms with Gasteiger partial charge in [0, 0.05) is 16.8 Å². The lowest BCUT2D eigenvalue weighted by molar-refractivity contribution is 0.670. The number of nitrogens with zero attached hydrogens (tertiary/aromatic N) is 3. The van der Waals surface area contributed by atoms with Crippen LogP contribution in [-0.4, -0.2) is 20.7 Å². The van der Waals surface area contributed by atoms with Crippen molar-refractivity contribution < 1.29 is 0 Å². The topological polar surface area (TPSA) is 38.7 Å². The van der Waals surface area contributed by atoms with E-state index in [9.17, 15) is 0 Å². The Labute approximate surface area is 163 Å². The van der Waals surface area contributed by atoms with Gasteiger partial charge in [0.15, 0.2) is 0 Å². The first-order valence-corrected chi connectivity index (χ1v) is 11.3. The summed E-state index contributed by atoms with van der Waals surface area (Å²) in [6, 6.07) is 0. The molecule has 0 bridgehead atoms. The first kappa shape index (κ1) is 17.9. The van der Waals surface area contributed by atoms with Crippen molar-refractivity contribution in [2.75, 3.05) is 5.75 Å². The van der Waals surface area contributed by atoms with Gasteiger partial charge in [-0.05, 0) is 56.6 Å². The molecule has 0 amide bonds. The van der Waals surface area contributed by atoms with E-state index in [2.05, 4.69) is 30.4 Å². The lowest BCUT2D eigenvalue weighted by Gasteiger charge is -2.20. The number of aromatic nitrogens is 3. The molecule has 5 heteroatoms. The molecule has 3 aromatic heterocycles. The fraction of sp³-hybridized carbons (Fsp3) is 0.476. The molecule has 4 rings (SSSR count). The fourth-order valence-electron chi connectivity index (χ4n) is 3.76. The first-order chi connectivity index (χ1) is 12.7. The van der Waals surface area contributed by atoms with Gasteiger partial charge in [0.2, 0.25) is 0 Å². The molecule has 0 saturated carbocycles. The van der Waals surface area contributed by atoms with Crippen LogP contribution in [0.3, 0.4) is 0 Å². The molecule has 0 fully saturated rings. The van der Waals surface area contributed by atoms with E-state index < -0.39 is 0 Å². The molecular formula is C21H25N3S2. The largest absolute Gasteiger partial charge is 0.242 e. The van der Waals surface area contributed by atoms with Crippen LogP contribution in [0.15, 0.2) is 23.5 Å². The maximum Gasteiger partial charge on any atom is 0.126 e. The van der Waals surface area contributed by atoms with E-state index in [-0.39, 0.29) is 0 Å². The van der Waals surface area contributed by atoms with Gasteiger partial charge in [-0.2, -0.15) is 0 Å². The minimum atomic E-state index is 0.896. The molecule has 0 aromatic carbocycles. The van der Waals surface area contributed by atoms with Gasteiger partial charge in [0.25, 0.3) is 0 Å². The van der Waals surface area contributed by atoms with Crippen LogP contribution in [0.5, 0.6) is 0 Å². The molecule has 0 unspecified atom stereocenters. The Kier molecular flexibility index (Phi) is 5.28. The van der Waals surface area contributed by atoms with Crippen molar-refractivity contribution in [1.82, 2.24) is 15.0 Å². The zero-order valence-corrected chi connectivity index (χ0v) is 17.2. The van der Waals surface area contributed by atoms with Crippen LogP contribution < -0.4 is 0 Å². The number of thioether (sulfide) groups is 1. The van der Waals surface area contributed by atoms with Crippen molar-refractivity contribution in [3.63, 3.8) is 0 Å². The third-order valence-corrected chi connectivity index (χ3v) is 7.43. The maximum absolute atomic E-state index is 5.12. The zero-order chi connectivity index (χ0) is 18.1. The van der Waals surface area contributed by atoms with E-state index in [1.54, 1.807) is 29.4 Å². The smallest absolute Gasteiger partial charge is 0.126 e. The van der Waals surface area contributed by atoms with E-state index in [4.69, 9.17) is 4.98 Å². The number of pyridine rings is 1. The molecule has 3 nitrogen and oxygen atoms in total. The quantitative estimate of drug-likeness (QED) is 0.292. The number of thiophene rings is 1. The molecule has 3 aromatic rings. The van der Waals surface area contributed by atoms with Crippen LogP contribution >= 0.6 is 23.1 Å². The Morgan fingerprint density at radius 2 is 2.04 bits per heavy atom. The van der Waals surface area contributed by atoms with Gasteiger partial charge in [-0.25, -0.2) is 15.0 Å². The van der Waals surface area contributed by atoms with E-state index in [0.29, 0.717) is 0 Å². The van der Waals surface area contributed by atoms with Crippen LogP contribution in [0.2, 0.25) is 0 Å². The van der Waals surface area contributed by atoms with Crippen molar-refractivity contribution in [2.45, 2.75) is 63.8 Å². The van der Waals surface area contributed by atoms with Crippen molar-refractivity contribution in [3.8, 4) is 0 Å². The second-order valence-electron chi connectivity index (χ2n) is 7.21. The second kappa shape index (κ2) is 7.65. The molecule has 0 N–H and O–H groups in total. The summed E-state index contributed by atoms with van der Waals surface area (Å²) in [6.07, 6.45) is 10.2. The Balaban J connectivity index is 1.91. The lowest BCUT2D eigenvalue weighted by Crippen LogP contribution is -2.09. The molecule has 0 radical (unpaired) electrons. The van der Waals surface area contributed by atoms with Crippen LogP contribution in [0, 0.1) is 0 Å². The van der Waals surface area contributed by atoms with Gasteiger partial charge in [-0.1, -0.05) is 25.5 Å². The molecule has 0 spiro atoms. The highest BCUT2D eigenvalue weighted by Gasteiger charge is 2.23. The predicted molar refractivity (Wildman–Crippen MR) is 114 cm³/mol. The Morgan fingerprint density at radius 3 is 2.81 bits per heavy atom. The van der Waals surface area contributed by atoms with Crippen molar-refractivity contribution in [3.05, 3.63) is 35.3 Å². The molecule has 0 saturated heterocycles. The van der Waals surface area contributed by atoms with Crippen LogP contribution in [0.4, 0.5) is 0 Å². The van der Waals surface area contributed by atoms with Gasteiger partial charge >= 0.3 is 0 Å². The molecule has 0 atom stereocenters. The summed E-state index contributed by atoms with van der Waals surface area (Å²) in [4.78, 5) is 15.5. The maximum atomic E-state index is 5.12. The van der Waals surface area contributed by atoms with E-state index in [1.807, 2.05) is 0 Å². The Bertz CT molecular complexity index is 974. The monoisotopic (exact) mass is 383 g/mol. The molecule has 3 heterocycles. The van der Waals surface area contributed by atoms with Crippen molar-refractivity contribution in [2.24, 2.45) is 0 Å². The van der Waals surface area contributed by atoms with Crippen LogP contribution in [-0.2, 0) is 19.3 Å².